The van der Waals surface area contributed by atoms with Gasteiger partial charge in [-0.3, -0.25) is 5.10 Å². The summed E-state index contributed by atoms with van der Waals surface area (Å²) in [7, 11) is 0. The maximum absolute atomic E-state index is 5.92. The molecule has 0 unspecified atom stereocenters. The largest absolute Gasteiger partial charge is 0.251 e. The fourth-order valence-electron chi connectivity index (χ4n) is 1.09. The average Bonchev–Trinajstić information content (AvgIpc) is 2.55. The van der Waals surface area contributed by atoms with Crippen molar-refractivity contribution in [3.05, 3.63) is 16.0 Å². The molecule has 0 radical (unpaired) electrons. The lowest BCUT2D eigenvalue weighted by Crippen LogP contribution is -1.94. The number of halogens is 1. The van der Waals surface area contributed by atoms with Gasteiger partial charge < -0.3 is 0 Å². The minimum absolute atomic E-state index is 0.498. The van der Waals surface area contributed by atoms with E-state index in [4.69, 9.17) is 23.8 Å². The highest BCUT2D eigenvalue weighted by molar-refractivity contribution is 7.99. The van der Waals surface area contributed by atoms with E-state index in [1.54, 1.807) is 22.4 Å². The molecule has 2 aromatic heterocycles. The number of fused-ring (bicyclic) bond motifs is 1. The molecule has 1 N–H and O–H groups in total. The molecule has 0 saturated carbocycles. The Hall–Kier alpha value is -0.590. The summed E-state index contributed by atoms with van der Waals surface area (Å²) in [6.07, 6.45) is 1.59. The van der Waals surface area contributed by atoms with Crippen LogP contribution in [-0.4, -0.2) is 25.3 Å². The Kier molecular flexibility index (Phi) is 2.76. The lowest BCUT2D eigenvalue weighted by atomic mass is 10.6. The van der Waals surface area contributed by atoms with Crippen molar-refractivity contribution < 1.29 is 0 Å². The Morgan fingerprint density at radius 3 is 3.21 bits per heavy atom. The standard InChI is InChI=1S/C7H7ClN4S2/c1-2-14-7-9-3-4(8)5-10-11-6(13)12(5)7/h3H,2H2,1H3,(H,11,13). The van der Waals surface area contributed by atoms with E-state index in [-0.39, 0.29) is 0 Å². The number of hydrogen-bond donors (Lipinski definition) is 1. The number of rotatable bonds is 2. The highest BCUT2D eigenvalue weighted by atomic mass is 35.5. The lowest BCUT2D eigenvalue weighted by Gasteiger charge is -2.01. The molecule has 0 amide bonds. The fourth-order valence-corrected chi connectivity index (χ4v) is 2.24. The molecular weight excluding hydrogens is 240 g/mol. The molecule has 0 aliphatic rings. The number of H-pyrrole nitrogens is 1. The molecule has 2 rings (SSSR count). The normalized spacial score (nSPS) is 11.0. The predicted octanol–water partition coefficient (Wildman–Crippen LogP) is 2.55. The van der Waals surface area contributed by atoms with Crippen LogP contribution in [0.5, 0.6) is 0 Å². The van der Waals surface area contributed by atoms with Gasteiger partial charge in [0, 0.05) is 0 Å². The topological polar surface area (TPSA) is 46.0 Å². The minimum atomic E-state index is 0.498. The molecule has 0 atom stereocenters. The molecule has 0 bridgehead atoms. The smallest absolute Gasteiger partial charge is 0.201 e. The molecule has 74 valence electrons. The molecule has 0 aromatic carbocycles. The van der Waals surface area contributed by atoms with Crippen LogP contribution in [0.3, 0.4) is 0 Å². The van der Waals surface area contributed by atoms with Gasteiger partial charge in [-0.2, -0.15) is 5.10 Å². The van der Waals surface area contributed by atoms with E-state index < -0.39 is 0 Å². The summed E-state index contributed by atoms with van der Waals surface area (Å²) in [6.45, 7) is 2.05. The molecule has 0 aliphatic heterocycles. The van der Waals surface area contributed by atoms with E-state index >= 15 is 0 Å². The summed E-state index contributed by atoms with van der Waals surface area (Å²) in [6, 6.07) is 0. The molecule has 0 saturated heterocycles. The number of aromatic nitrogens is 4. The highest BCUT2D eigenvalue weighted by Gasteiger charge is 2.08. The second-order valence-electron chi connectivity index (χ2n) is 2.51. The van der Waals surface area contributed by atoms with Crippen molar-refractivity contribution in [1.29, 1.82) is 0 Å². The van der Waals surface area contributed by atoms with Gasteiger partial charge >= 0.3 is 0 Å². The minimum Gasteiger partial charge on any atom is -0.251 e. The van der Waals surface area contributed by atoms with Gasteiger partial charge in [0.1, 0.15) is 5.02 Å². The van der Waals surface area contributed by atoms with Crippen LogP contribution in [0.1, 0.15) is 6.92 Å². The van der Waals surface area contributed by atoms with Crippen molar-refractivity contribution in [3.8, 4) is 0 Å². The van der Waals surface area contributed by atoms with Gasteiger partial charge in [-0.1, -0.05) is 30.3 Å². The Labute approximate surface area is 94.7 Å². The third-order valence-corrected chi connectivity index (χ3v) is 3.01. The summed E-state index contributed by atoms with van der Waals surface area (Å²) < 4.78 is 2.26. The van der Waals surface area contributed by atoms with Crippen molar-refractivity contribution in [3.63, 3.8) is 0 Å². The SMILES string of the molecule is CCSc1ncc(Cl)c2n[nH]c(=S)n12. The number of aromatic amines is 1. The van der Waals surface area contributed by atoms with Crippen molar-refractivity contribution >= 4 is 41.2 Å². The Morgan fingerprint density at radius 2 is 2.50 bits per heavy atom. The number of hydrogen-bond acceptors (Lipinski definition) is 4. The van der Waals surface area contributed by atoms with Gasteiger partial charge in [0.15, 0.2) is 10.8 Å². The van der Waals surface area contributed by atoms with Crippen molar-refractivity contribution in [2.75, 3.05) is 5.75 Å². The van der Waals surface area contributed by atoms with E-state index in [9.17, 15) is 0 Å². The fraction of sp³-hybridized carbons (Fsp3) is 0.286. The first-order valence-corrected chi connectivity index (χ1v) is 5.75. The molecule has 0 fully saturated rings. The van der Waals surface area contributed by atoms with Gasteiger partial charge in [0.25, 0.3) is 0 Å². The third kappa shape index (κ3) is 1.53. The molecule has 2 aromatic rings. The monoisotopic (exact) mass is 246 g/mol. The van der Waals surface area contributed by atoms with Gasteiger partial charge in [0.05, 0.1) is 6.20 Å². The number of nitrogens with one attached hydrogen (secondary N) is 1. The van der Waals surface area contributed by atoms with Crippen LogP contribution in [-0.2, 0) is 0 Å². The number of nitrogens with zero attached hydrogens (tertiary/aromatic N) is 3. The Bertz CT molecular complexity index is 518. The first kappa shape index (κ1) is 9.95. The van der Waals surface area contributed by atoms with E-state index in [0.717, 1.165) is 10.9 Å². The van der Waals surface area contributed by atoms with E-state index in [1.807, 2.05) is 0 Å². The highest BCUT2D eigenvalue weighted by Crippen LogP contribution is 2.21. The molecule has 14 heavy (non-hydrogen) atoms. The van der Waals surface area contributed by atoms with Crippen molar-refractivity contribution in [2.24, 2.45) is 0 Å². The predicted molar refractivity (Wildman–Crippen MR) is 59.6 cm³/mol. The zero-order valence-electron chi connectivity index (χ0n) is 7.32. The molecule has 0 aliphatic carbocycles. The van der Waals surface area contributed by atoms with E-state index in [2.05, 4.69) is 22.1 Å². The maximum atomic E-state index is 5.92. The summed E-state index contributed by atoms with van der Waals surface area (Å²) >= 11 is 12.6. The van der Waals surface area contributed by atoms with Crippen LogP contribution in [0.15, 0.2) is 11.4 Å². The lowest BCUT2D eigenvalue weighted by molar-refractivity contribution is 0.886. The Morgan fingerprint density at radius 1 is 1.71 bits per heavy atom. The van der Waals surface area contributed by atoms with Crippen molar-refractivity contribution in [2.45, 2.75) is 12.1 Å². The molecule has 4 nitrogen and oxygen atoms in total. The van der Waals surface area contributed by atoms with Gasteiger partial charge in [-0.25, -0.2) is 9.38 Å². The van der Waals surface area contributed by atoms with Crippen LogP contribution in [0.2, 0.25) is 5.02 Å². The summed E-state index contributed by atoms with van der Waals surface area (Å²) in [5.41, 5.74) is 0.627. The molecule has 7 heteroatoms. The van der Waals surface area contributed by atoms with E-state index in [0.29, 0.717) is 15.4 Å². The van der Waals surface area contributed by atoms with Crippen LogP contribution < -0.4 is 0 Å². The first-order chi connectivity index (χ1) is 6.74. The van der Waals surface area contributed by atoms with Gasteiger partial charge in [0.2, 0.25) is 4.77 Å². The first-order valence-electron chi connectivity index (χ1n) is 3.98. The maximum Gasteiger partial charge on any atom is 0.201 e. The second kappa shape index (κ2) is 3.88. The van der Waals surface area contributed by atoms with Crippen molar-refractivity contribution in [1.82, 2.24) is 19.6 Å². The van der Waals surface area contributed by atoms with Crippen LogP contribution in [0, 0.1) is 4.77 Å². The average molecular weight is 247 g/mol. The molecule has 0 spiro atoms. The van der Waals surface area contributed by atoms with Gasteiger partial charge in [-0.05, 0) is 18.0 Å². The summed E-state index contributed by atoms with van der Waals surface area (Å²) in [5.74, 6) is 0.927. The zero-order chi connectivity index (χ0) is 10.1. The third-order valence-electron chi connectivity index (χ3n) is 1.64. The summed E-state index contributed by atoms with van der Waals surface area (Å²) in [4.78, 5) is 4.20. The molecule has 2 heterocycles. The Balaban J connectivity index is 2.78. The summed E-state index contributed by atoms with van der Waals surface area (Å²) in [5, 5.41) is 8.02. The van der Waals surface area contributed by atoms with Crippen LogP contribution >= 0.6 is 35.6 Å². The van der Waals surface area contributed by atoms with Gasteiger partial charge in [-0.15, -0.1) is 0 Å². The quantitative estimate of drug-likeness (QED) is 0.503. The molecular formula is C7H7ClN4S2. The van der Waals surface area contributed by atoms with Crippen LogP contribution in [0.25, 0.3) is 5.65 Å². The zero-order valence-corrected chi connectivity index (χ0v) is 9.71. The van der Waals surface area contributed by atoms with E-state index in [1.165, 1.54) is 0 Å². The second-order valence-corrected chi connectivity index (χ2v) is 4.53. The number of thioether (sulfide) groups is 1. The van der Waals surface area contributed by atoms with Crippen LogP contribution in [0.4, 0.5) is 0 Å².